The van der Waals surface area contributed by atoms with Gasteiger partial charge in [0.05, 0.1) is 0 Å². The highest BCUT2D eigenvalue weighted by atomic mass is 16.6. The molecule has 0 aromatic rings. The second-order valence-corrected chi connectivity index (χ2v) is 20.2. The van der Waals surface area contributed by atoms with Gasteiger partial charge in [-0.25, -0.2) is 0 Å². The van der Waals surface area contributed by atoms with E-state index >= 15 is 0 Å². The van der Waals surface area contributed by atoms with Gasteiger partial charge in [0.1, 0.15) is 13.2 Å². The van der Waals surface area contributed by atoms with Crippen LogP contribution in [0.1, 0.15) is 323 Å². The molecular formula is C62H114O6. The zero-order valence-corrected chi connectivity index (χ0v) is 45.6. The van der Waals surface area contributed by atoms with Crippen LogP contribution in [0.15, 0.2) is 36.5 Å². The quantitative estimate of drug-likeness (QED) is 0.0262. The highest BCUT2D eigenvalue weighted by Crippen LogP contribution is 2.17. The summed E-state index contributed by atoms with van der Waals surface area (Å²) in [4.78, 5) is 38.0. The van der Waals surface area contributed by atoms with Gasteiger partial charge in [-0.05, 0) is 51.4 Å². The van der Waals surface area contributed by atoms with Crippen LogP contribution >= 0.6 is 0 Å². The van der Waals surface area contributed by atoms with Gasteiger partial charge in [-0.2, -0.15) is 0 Å². The summed E-state index contributed by atoms with van der Waals surface area (Å²) in [5, 5.41) is 0. The summed E-state index contributed by atoms with van der Waals surface area (Å²) in [7, 11) is 0. The van der Waals surface area contributed by atoms with Crippen molar-refractivity contribution in [2.24, 2.45) is 0 Å². The van der Waals surface area contributed by atoms with Crippen molar-refractivity contribution in [3.8, 4) is 0 Å². The molecule has 0 aliphatic carbocycles. The zero-order valence-electron chi connectivity index (χ0n) is 45.6. The fraction of sp³-hybridized carbons (Fsp3) is 0.855. The Labute approximate surface area is 423 Å². The number of allylic oxidation sites excluding steroid dienone is 6. The first-order valence-corrected chi connectivity index (χ1v) is 30.0. The molecule has 0 aliphatic heterocycles. The summed E-state index contributed by atoms with van der Waals surface area (Å²) < 4.78 is 16.8. The van der Waals surface area contributed by atoms with Gasteiger partial charge in [0.15, 0.2) is 6.10 Å². The summed E-state index contributed by atoms with van der Waals surface area (Å²) >= 11 is 0. The third-order valence-corrected chi connectivity index (χ3v) is 13.4. The van der Waals surface area contributed by atoms with Gasteiger partial charge in [0.25, 0.3) is 0 Å². The second-order valence-electron chi connectivity index (χ2n) is 20.2. The van der Waals surface area contributed by atoms with Crippen molar-refractivity contribution in [2.45, 2.75) is 329 Å². The highest BCUT2D eigenvalue weighted by Gasteiger charge is 2.19. The number of hydrogen-bond donors (Lipinski definition) is 0. The average Bonchev–Trinajstić information content (AvgIpc) is 3.34. The van der Waals surface area contributed by atoms with Crippen molar-refractivity contribution in [3.63, 3.8) is 0 Å². The van der Waals surface area contributed by atoms with Crippen molar-refractivity contribution in [1.82, 2.24) is 0 Å². The van der Waals surface area contributed by atoms with Gasteiger partial charge in [0, 0.05) is 19.3 Å². The second kappa shape index (κ2) is 57.2. The van der Waals surface area contributed by atoms with Crippen molar-refractivity contribution in [3.05, 3.63) is 36.5 Å². The molecule has 6 heteroatoms. The number of esters is 3. The lowest BCUT2D eigenvalue weighted by molar-refractivity contribution is -0.167. The maximum absolute atomic E-state index is 12.8. The molecule has 0 aromatic heterocycles. The molecule has 1 atom stereocenters. The Hall–Kier alpha value is -2.37. The molecule has 0 aliphatic rings. The first-order valence-electron chi connectivity index (χ1n) is 30.0. The molecule has 68 heavy (non-hydrogen) atoms. The molecule has 0 rings (SSSR count). The fourth-order valence-electron chi connectivity index (χ4n) is 8.93. The Balaban J connectivity index is 4.08. The van der Waals surface area contributed by atoms with E-state index in [2.05, 4.69) is 57.2 Å². The van der Waals surface area contributed by atoms with Crippen molar-refractivity contribution < 1.29 is 28.6 Å². The lowest BCUT2D eigenvalue weighted by Crippen LogP contribution is -2.30. The van der Waals surface area contributed by atoms with Gasteiger partial charge in [-0.1, -0.05) is 288 Å². The van der Waals surface area contributed by atoms with E-state index in [1.54, 1.807) is 0 Å². The molecular weight excluding hydrogens is 841 g/mol. The van der Waals surface area contributed by atoms with Gasteiger partial charge < -0.3 is 14.2 Å². The van der Waals surface area contributed by atoms with Gasteiger partial charge in [-0.15, -0.1) is 0 Å². The number of carbonyl (C=O) groups is 3. The Bertz CT molecular complexity index is 1140. The summed E-state index contributed by atoms with van der Waals surface area (Å²) in [6, 6.07) is 0. The van der Waals surface area contributed by atoms with Crippen LogP contribution in [0.4, 0.5) is 0 Å². The van der Waals surface area contributed by atoms with Crippen LogP contribution < -0.4 is 0 Å². The minimum atomic E-state index is -0.776. The minimum Gasteiger partial charge on any atom is -0.462 e. The molecule has 0 saturated heterocycles. The predicted octanol–water partition coefficient (Wildman–Crippen LogP) is 20.0. The summed E-state index contributed by atoms with van der Waals surface area (Å²) in [6.45, 7) is 6.53. The Morgan fingerprint density at radius 3 is 0.897 bits per heavy atom. The van der Waals surface area contributed by atoms with E-state index in [0.717, 1.165) is 96.3 Å². The molecule has 0 radical (unpaired) electrons. The SMILES string of the molecule is CC/C=C\C/C=C\C/C=C\CCCCCCCC(=O)OC(COC(=O)CCCCCCCCCC)COC(=O)CCCCCCCCCCCCCCCCCCCCCCCCCCCCC. The Morgan fingerprint density at radius 2 is 0.574 bits per heavy atom. The molecule has 0 bridgehead atoms. The largest absolute Gasteiger partial charge is 0.462 e. The van der Waals surface area contributed by atoms with Crippen LogP contribution in [-0.2, 0) is 28.6 Å². The topological polar surface area (TPSA) is 78.9 Å². The fourth-order valence-corrected chi connectivity index (χ4v) is 8.93. The van der Waals surface area contributed by atoms with E-state index in [9.17, 15) is 14.4 Å². The smallest absolute Gasteiger partial charge is 0.306 e. The third kappa shape index (κ3) is 54.6. The van der Waals surface area contributed by atoms with E-state index in [1.807, 2.05) is 0 Å². The zero-order chi connectivity index (χ0) is 49.3. The van der Waals surface area contributed by atoms with E-state index in [1.165, 1.54) is 186 Å². The maximum atomic E-state index is 12.8. The summed E-state index contributed by atoms with van der Waals surface area (Å²) in [6.07, 6.45) is 68.9. The Kier molecular flexibility index (Phi) is 55.2. The van der Waals surface area contributed by atoms with Gasteiger partial charge in [-0.3, -0.25) is 14.4 Å². The predicted molar refractivity (Wildman–Crippen MR) is 293 cm³/mol. The number of hydrogen-bond acceptors (Lipinski definition) is 6. The molecule has 6 nitrogen and oxygen atoms in total. The van der Waals surface area contributed by atoms with Crippen LogP contribution in [0.5, 0.6) is 0 Å². The number of unbranched alkanes of at least 4 members (excludes halogenated alkanes) is 38. The lowest BCUT2D eigenvalue weighted by Gasteiger charge is -2.18. The first-order chi connectivity index (χ1) is 33.5. The van der Waals surface area contributed by atoms with E-state index < -0.39 is 6.10 Å². The molecule has 0 saturated carbocycles. The van der Waals surface area contributed by atoms with Crippen molar-refractivity contribution in [2.75, 3.05) is 13.2 Å². The monoisotopic (exact) mass is 955 g/mol. The molecule has 0 fully saturated rings. The summed E-state index contributed by atoms with van der Waals surface area (Å²) in [5.41, 5.74) is 0. The van der Waals surface area contributed by atoms with Crippen molar-refractivity contribution in [1.29, 1.82) is 0 Å². The van der Waals surface area contributed by atoms with Gasteiger partial charge in [0.2, 0.25) is 0 Å². The first kappa shape index (κ1) is 65.6. The number of rotatable bonds is 55. The van der Waals surface area contributed by atoms with Crippen molar-refractivity contribution >= 4 is 17.9 Å². The molecule has 0 amide bonds. The van der Waals surface area contributed by atoms with Gasteiger partial charge >= 0.3 is 17.9 Å². The van der Waals surface area contributed by atoms with Crippen LogP contribution in [0.3, 0.4) is 0 Å². The third-order valence-electron chi connectivity index (χ3n) is 13.4. The molecule has 0 heterocycles. The normalized spacial score (nSPS) is 12.2. The van der Waals surface area contributed by atoms with Crippen LogP contribution in [0.25, 0.3) is 0 Å². The lowest BCUT2D eigenvalue weighted by atomic mass is 10.0. The highest BCUT2D eigenvalue weighted by molar-refractivity contribution is 5.71. The summed E-state index contributed by atoms with van der Waals surface area (Å²) in [5.74, 6) is -0.880. The number of ether oxygens (including phenoxy) is 3. The maximum Gasteiger partial charge on any atom is 0.306 e. The van der Waals surface area contributed by atoms with E-state index in [0.29, 0.717) is 19.3 Å². The standard InChI is InChI=1S/C62H114O6/c1-4-7-10-13-16-19-21-23-25-26-27-28-29-30-31-32-33-34-35-36-38-39-41-43-46-49-52-55-61(64)67-58-59(57-66-60(63)54-51-48-45-18-15-12-9-6-3)68-62(65)56-53-50-47-44-42-40-37-24-22-20-17-14-11-8-5-2/h8,11,17,20,24,37,59H,4-7,9-10,12-16,18-19,21-23,25-36,38-58H2,1-3H3/b11-8-,20-17-,37-24-. The van der Waals surface area contributed by atoms with E-state index in [-0.39, 0.29) is 31.1 Å². The minimum absolute atomic E-state index is 0.0751. The molecule has 1 unspecified atom stereocenters. The molecule has 398 valence electrons. The van der Waals surface area contributed by atoms with E-state index in [4.69, 9.17) is 14.2 Å². The number of carbonyl (C=O) groups excluding carboxylic acids is 3. The van der Waals surface area contributed by atoms with Crippen LogP contribution in [0, 0.1) is 0 Å². The molecule has 0 spiro atoms. The van der Waals surface area contributed by atoms with Crippen LogP contribution in [-0.4, -0.2) is 37.2 Å². The molecule has 0 N–H and O–H groups in total. The van der Waals surface area contributed by atoms with Crippen LogP contribution in [0.2, 0.25) is 0 Å². The Morgan fingerprint density at radius 1 is 0.309 bits per heavy atom. The molecule has 0 aromatic carbocycles. The average molecular weight is 956 g/mol.